The first-order valence-corrected chi connectivity index (χ1v) is 7.04. The lowest BCUT2D eigenvalue weighted by atomic mass is 9.99. The Bertz CT molecular complexity index is 345. The molecule has 2 rings (SSSR count). The van der Waals surface area contributed by atoms with Crippen molar-refractivity contribution in [2.75, 3.05) is 13.7 Å². The number of imidazole rings is 1. The summed E-state index contributed by atoms with van der Waals surface area (Å²) in [4.78, 5) is 4.37. The van der Waals surface area contributed by atoms with Crippen LogP contribution >= 0.6 is 0 Å². The van der Waals surface area contributed by atoms with Gasteiger partial charge in [-0.15, -0.1) is 0 Å². The summed E-state index contributed by atoms with van der Waals surface area (Å²) in [7, 11) is 4.10. The second-order valence-electron chi connectivity index (χ2n) is 5.20. The molecule has 2 unspecified atom stereocenters. The van der Waals surface area contributed by atoms with Crippen molar-refractivity contribution < 1.29 is 4.74 Å². The smallest absolute Gasteiger partial charge is 0.108 e. The van der Waals surface area contributed by atoms with Gasteiger partial charge < -0.3 is 14.6 Å². The number of aryl methyl sites for hydroxylation is 2. The summed E-state index contributed by atoms with van der Waals surface area (Å²) in [5.74, 6) is 1.17. The standard InChI is InChI=1S/C14H25N3O/c1-15-12(11-13-5-3-4-10-18-13)6-7-14-16-8-9-17(14)2/h8-9,12-13,15H,3-7,10-11H2,1-2H3. The first-order valence-electron chi connectivity index (χ1n) is 7.04. The van der Waals surface area contributed by atoms with E-state index in [1.54, 1.807) is 0 Å². The lowest BCUT2D eigenvalue weighted by Crippen LogP contribution is -2.33. The zero-order valence-corrected chi connectivity index (χ0v) is 11.6. The van der Waals surface area contributed by atoms with E-state index in [4.69, 9.17) is 4.74 Å². The Morgan fingerprint density at radius 2 is 2.44 bits per heavy atom. The van der Waals surface area contributed by atoms with E-state index in [-0.39, 0.29) is 0 Å². The van der Waals surface area contributed by atoms with Gasteiger partial charge in [0.05, 0.1) is 6.10 Å². The molecule has 4 heteroatoms. The Balaban J connectivity index is 1.76. The monoisotopic (exact) mass is 251 g/mol. The van der Waals surface area contributed by atoms with Gasteiger partial charge in [0.25, 0.3) is 0 Å². The van der Waals surface area contributed by atoms with Crippen LogP contribution in [-0.2, 0) is 18.2 Å². The summed E-state index contributed by atoms with van der Waals surface area (Å²) in [5, 5.41) is 3.41. The van der Waals surface area contributed by atoms with Crippen LogP contribution in [0.15, 0.2) is 12.4 Å². The Hall–Kier alpha value is -0.870. The number of rotatable bonds is 6. The molecule has 2 atom stereocenters. The highest BCUT2D eigenvalue weighted by Gasteiger charge is 2.18. The lowest BCUT2D eigenvalue weighted by Gasteiger charge is -2.26. The number of hydrogen-bond donors (Lipinski definition) is 1. The van der Waals surface area contributed by atoms with Crippen molar-refractivity contribution in [1.29, 1.82) is 0 Å². The Morgan fingerprint density at radius 1 is 1.56 bits per heavy atom. The molecule has 18 heavy (non-hydrogen) atoms. The first-order chi connectivity index (χ1) is 8.79. The van der Waals surface area contributed by atoms with Crippen LogP contribution in [0.1, 0.15) is 37.9 Å². The summed E-state index contributed by atoms with van der Waals surface area (Å²) < 4.78 is 7.91. The van der Waals surface area contributed by atoms with Crippen molar-refractivity contribution in [3.63, 3.8) is 0 Å². The fraction of sp³-hybridized carbons (Fsp3) is 0.786. The van der Waals surface area contributed by atoms with Crippen LogP contribution in [0.3, 0.4) is 0 Å². The topological polar surface area (TPSA) is 39.1 Å². The van der Waals surface area contributed by atoms with Gasteiger partial charge in [-0.25, -0.2) is 4.98 Å². The second-order valence-corrected chi connectivity index (χ2v) is 5.20. The maximum atomic E-state index is 5.81. The molecule has 0 radical (unpaired) electrons. The van der Waals surface area contributed by atoms with Gasteiger partial charge in [-0.2, -0.15) is 0 Å². The highest BCUT2D eigenvalue weighted by atomic mass is 16.5. The largest absolute Gasteiger partial charge is 0.378 e. The van der Waals surface area contributed by atoms with Gasteiger partial charge in [0.1, 0.15) is 5.82 Å². The van der Waals surface area contributed by atoms with Crippen LogP contribution in [0.5, 0.6) is 0 Å². The van der Waals surface area contributed by atoms with Crippen LogP contribution in [-0.4, -0.2) is 35.4 Å². The molecule has 0 saturated carbocycles. The van der Waals surface area contributed by atoms with Gasteiger partial charge in [-0.05, 0) is 39.2 Å². The van der Waals surface area contributed by atoms with Crippen molar-refractivity contribution in [2.45, 2.75) is 50.7 Å². The third kappa shape index (κ3) is 3.82. The molecule has 4 nitrogen and oxygen atoms in total. The molecule has 1 fully saturated rings. The third-order valence-electron chi connectivity index (χ3n) is 3.87. The van der Waals surface area contributed by atoms with E-state index in [1.807, 2.05) is 19.4 Å². The van der Waals surface area contributed by atoms with Gasteiger partial charge in [0.2, 0.25) is 0 Å². The summed E-state index contributed by atoms with van der Waals surface area (Å²) in [6, 6.07) is 0.532. The molecule has 0 aliphatic carbocycles. The molecule has 1 aliphatic heterocycles. The summed E-state index contributed by atoms with van der Waals surface area (Å²) in [6.07, 6.45) is 11.4. The van der Waals surface area contributed by atoms with Crippen molar-refractivity contribution in [2.24, 2.45) is 7.05 Å². The van der Waals surface area contributed by atoms with Gasteiger partial charge in [0, 0.05) is 38.5 Å². The van der Waals surface area contributed by atoms with Gasteiger partial charge >= 0.3 is 0 Å². The molecule has 1 aromatic heterocycles. The molecule has 1 aromatic rings. The maximum Gasteiger partial charge on any atom is 0.108 e. The molecule has 1 N–H and O–H groups in total. The normalized spacial score (nSPS) is 22.0. The van der Waals surface area contributed by atoms with E-state index in [2.05, 4.69) is 21.9 Å². The Morgan fingerprint density at radius 3 is 3.06 bits per heavy atom. The van der Waals surface area contributed by atoms with Crippen LogP contribution in [0.2, 0.25) is 0 Å². The SMILES string of the molecule is CNC(CCc1nccn1C)CC1CCCCO1. The number of nitrogens with zero attached hydrogens (tertiary/aromatic N) is 2. The number of nitrogens with one attached hydrogen (secondary N) is 1. The predicted molar refractivity (Wildman–Crippen MR) is 72.6 cm³/mol. The summed E-state index contributed by atoms with van der Waals surface area (Å²) in [5.41, 5.74) is 0. The van der Waals surface area contributed by atoms with Gasteiger partial charge in [0.15, 0.2) is 0 Å². The molecule has 0 aromatic carbocycles. The summed E-state index contributed by atoms with van der Waals surface area (Å²) in [6.45, 7) is 0.945. The van der Waals surface area contributed by atoms with Crippen molar-refractivity contribution in [1.82, 2.24) is 14.9 Å². The van der Waals surface area contributed by atoms with E-state index < -0.39 is 0 Å². The number of ether oxygens (including phenoxy) is 1. The molecule has 0 spiro atoms. The quantitative estimate of drug-likeness (QED) is 0.839. The molecule has 2 heterocycles. The van der Waals surface area contributed by atoms with Crippen molar-refractivity contribution in [3.8, 4) is 0 Å². The van der Waals surface area contributed by atoms with Crippen LogP contribution in [0.4, 0.5) is 0 Å². The van der Waals surface area contributed by atoms with Gasteiger partial charge in [-0.1, -0.05) is 0 Å². The number of hydrogen-bond acceptors (Lipinski definition) is 3. The van der Waals surface area contributed by atoms with Crippen molar-refractivity contribution >= 4 is 0 Å². The fourth-order valence-electron chi connectivity index (χ4n) is 2.63. The molecule has 102 valence electrons. The zero-order valence-electron chi connectivity index (χ0n) is 11.6. The molecule has 1 saturated heterocycles. The maximum absolute atomic E-state index is 5.81. The fourth-order valence-corrected chi connectivity index (χ4v) is 2.63. The molecular weight excluding hydrogens is 226 g/mol. The Kier molecular flexibility index (Phi) is 5.20. The average molecular weight is 251 g/mol. The van der Waals surface area contributed by atoms with Gasteiger partial charge in [-0.3, -0.25) is 0 Å². The van der Waals surface area contributed by atoms with Crippen LogP contribution in [0.25, 0.3) is 0 Å². The van der Waals surface area contributed by atoms with E-state index in [0.717, 1.165) is 25.9 Å². The van der Waals surface area contributed by atoms with Crippen LogP contribution in [0, 0.1) is 0 Å². The third-order valence-corrected chi connectivity index (χ3v) is 3.87. The first kappa shape index (κ1) is 13.6. The van der Waals surface area contributed by atoms with Crippen LogP contribution < -0.4 is 5.32 Å². The molecule has 0 amide bonds. The van der Waals surface area contributed by atoms with E-state index in [9.17, 15) is 0 Å². The molecule has 0 bridgehead atoms. The predicted octanol–water partition coefficient (Wildman–Crippen LogP) is 1.90. The number of aromatic nitrogens is 2. The van der Waals surface area contributed by atoms with E-state index in [1.165, 1.54) is 25.1 Å². The van der Waals surface area contributed by atoms with E-state index >= 15 is 0 Å². The minimum Gasteiger partial charge on any atom is -0.378 e. The Labute approximate surface area is 110 Å². The molecular formula is C14H25N3O. The zero-order chi connectivity index (χ0) is 12.8. The van der Waals surface area contributed by atoms with Crippen molar-refractivity contribution in [3.05, 3.63) is 18.2 Å². The molecule has 1 aliphatic rings. The summed E-state index contributed by atoms with van der Waals surface area (Å²) >= 11 is 0. The average Bonchev–Trinajstić information content (AvgIpc) is 2.81. The second kappa shape index (κ2) is 6.90. The lowest BCUT2D eigenvalue weighted by molar-refractivity contribution is 0.00515. The highest BCUT2D eigenvalue weighted by molar-refractivity contribution is 4.92. The minimum absolute atomic E-state index is 0.456. The van der Waals surface area contributed by atoms with E-state index in [0.29, 0.717) is 12.1 Å². The minimum atomic E-state index is 0.456. The highest BCUT2D eigenvalue weighted by Crippen LogP contribution is 2.18.